The Balaban J connectivity index is 2.02. The quantitative estimate of drug-likeness (QED) is 0.648. The molecule has 0 bridgehead atoms. The number of ketones is 1. The number of para-hydroxylation sites is 1. The SMILES string of the molecule is COc1cccc(C(=O)OCC(=O)c2ccc(C(C)C)cc2)c1O. The van der Waals surface area contributed by atoms with Crippen LogP contribution in [0.4, 0.5) is 0 Å². The van der Waals surface area contributed by atoms with Gasteiger partial charge in [0, 0.05) is 5.56 Å². The number of aromatic hydroxyl groups is 1. The third kappa shape index (κ3) is 3.93. The highest BCUT2D eigenvalue weighted by molar-refractivity contribution is 6.00. The molecule has 0 saturated carbocycles. The zero-order valence-corrected chi connectivity index (χ0v) is 13.9. The lowest BCUT2D eigenvalue weighted by molar-refractivity contribution is 0.0471. The number of carbonyl (C=O) groups excluding carboxylic acids is 2. The van der Waals surface area contributed by atoms with Crippen LogP contribution in [0.1, 0.15) is 46.0 Å². The molecule has 24 heavy (non-hydrogen) atoms. The van der Waals surface area contributed by atoms with Gasteiger partial charge in [-0.1, -0.05) is 44.2 Å². The Labute approximate surface area is 140 Å². The summed E-state index contributed by atoms with van der Waals surface area (Å²) < 4.78 is 9.93. The van der Waals surface area contributed by atoms with Crippen LogP contribution in [0.3, 0.4) is 0 Å². The van der Waals surface area contributed by atoms with Gasteiger partial charge in [-0.3, -0.25) is 4.79 Å². The standard InChI is InChI=1S/C19H20O5/c1-12(2)13-7-9-14(10-8-13)16(20)11-24-19(22)15-5-4-6-17(23-3)18(15)21/h4-10,12,21H,11H2,1-3H3. The smallest absolute Gasteiger partial charge is 0.342 e. The maximum Gasteiger partial charge on any atom is 0.342 e. The van der Waals surface area contributed by atoms with Crippen molar-refractivity contribution < 1.29 is 24.2 Å². The van der Waals surface area contributed by atoms with Crippen molar-refractivity contribution in [2.24, 2.45) is 0 Å². The fourth-order valence-corrected chi connectivity index (χ4v) is 2.20. The van der Waals surface area contributed by atoms with E-state index in [4.69, 9.17) is 9.47 Å². The summed E-state index contributed by atoms with van der Waals surface area (Å²) in [6.07, 6.45) is 0. The molecule has 0 atom stereocenters. The number of methoxy groups -OCH3 is 1. The summed E-state index contributed by atoms with van der Waals surface area (Å²) in [5.41, 5.74) is 1.56. The van der Waals surface area contributed by atoms with Gasteiger partial charge in [-0.15, -0.1) is 0 Å². The third-order valence-corrected chi connectivity index (χ3v) is 3.67. The molecule has 5 nitrogen and oxygen atoms in total. The molecular formula is C19H20O5. The molecule has 2 aromatic rings. The molecule has 2 rings (SSSR count). The Morgan fingerprint density at radius 2 is 1.75 bits per heavy atom. The van der Waals surface area contributed by atoms with E-state index in [1.165, 1.54) is 19.2 Å². The molecule has 0 aromatic heterocycles. The number of rotatable bonds is 6. The topological polar surface area (TPSA) is 72.8 Å². The molecule has 0 fully saturated rings. The van der Waals surface area contributed by atoms with Crippen LogP contribution in [-0.2, 0) is 4.74 Å². The largest absolute Gasteiger partial charge is 0.504 e. The number of Topliss-reactive ketones (excluding diaryl/α,β-unsaturated/α-hetero) is 1. The summed E-state index contributed by atoms with van der Waals surface area (Å²) in [4.78, 5) is 24.1. The highest BCUT2D eigenvalue weighted by Gasteiger charge is 2.17. The average Bonchev–Trinajstić information content (AvgIpc) is 2.59. The van der Waals surface area contributed by atoms with Gasteiger partial charge in [0.2, 0.25) is 0 Å². The molecule has 0 saturated heterocycles. The second-order valence-corrected chi connectivity index (χ2v) is 5.63. The molecule has 2 aromatic carbocycles. The van der Waals surface area contributed by atoms with Gasteiger partial charge in [-0.2, -0.15) is 0 Å². The van der Waals surface area contributed by atoms with Gasteiger partial charge < -0.3 is 14.6 Å². The maximum atomic E-state index is 12.1. The monoisotopic (exact) mass is 328 g/mol. The van der Waals surface area contributed by atoms with Crippen LogP contribution in [0.25, 0.3) is 0 Å². The van der Waals surface area contributed by atoms with E-state index in [1.807, 2.05) is 12.1 Å². The molecule has 0 unspecified atom stereocenters. The van der Waals surface area contributed by atoms with Crippen LogP contribution in [0.5, 0.6) is 11.5 Å². The first kappa shape index (κ1) is 17.5. The molecular weight excluding hydrogens is 308 g/mol. The second-order valence-electron chi connectivity index (χ2n) is 5.63. The van der Waals surface area contributed by atoms with Crippen LogP contribution in [-0.4, -0.2) is 30.6 Å². The van der Waals surface area contributed by atoms with Crippen molar-refractivity contribution in [3.8, 4) is 11.5 Å². The number of carbonyl (C=O) groups is 2. The van der Waals surface area contributed by atoms with E-state index in [9.17, 15) is 14.7 Å². The predicted octanol–water partition coefficient (Wildman–Crippen LogP) is 3.56. The summed E-state index contributed by atoms with van der Waals surface area (Å²) >= 11 is 0. The molecule has 0 aliphatic carbocycles. The fraction of sp³-hybridized carbons (Fsp3) is 0.263. The second kappa shape index (κ2) is 7.64. The number of phenolic OH excluding ortho intramolecular Hbond substituents is 1. The fourth-order valence-electron chi connectivity index (χ4n) is 2.20. The Hall–Kier alpha value is -2.82. The van der Waals surface area contributed by atoms with Crippen molar-refractivity contribution in [3.63, 3.8) is 0 Å². The molecule has 126 valence electrons. The van der Waals surface area contributed by atoms with Crippen LogP contribution in [0, 0.1) is 0 Å². The zero-order chi connectivity index (χ0) is 17.7. The van der Waals surface area contributed by atoms with E-state index in [2.05, 4.69) is 13.8 Å². The number of hydrogen-bond donors (Lipinski definition) is 1. The van der Waals surface area contributed by atoms with Gasteiger partial charge in [-0.25, -0.2) is 4.79 Å². The van der Waals surface area contributed by atoms with E-state index in [0.717, 1.165) is 5.56 Å². The van der Waals surface area contributed by atoms with Crippen LogP contribution in [0.15, 0.2) is 42.5 Å². The van der Waals surface area contributed by atoms with Crippen molar-refractivity contribution >= 4 is 11.8 Å². The minimum atomic E-state index is -0.779. The maximum absolute atomic E-state index is 12.1. The molecule has 0 spiro atoms. The summed E-state index contributed by atoms with van der Waals surface area (Å²) in [7, 11) is 1.38. The van der Waals surface area contributed by atoms with Gasteiger partial charge in [0.1, 0.15) is 5.56 Å². The van der Waals surface area contributed by atoms with Gasteiger partial charge in [0.05, 0.1) is 7.11 Å². The molecule has 0 aliphatic rings. The van der Waals surface area contributed by atoms with E-state index >= 15 is 0 Å². The van der Waals surface area contributed by atoms with Gasteiger partial charge in [0.15, 0.2) is 23.9 Å². The Bertz CT molecular complexity index is 732. The predicted molar refractivity (Wildman–Crippen MR) is 89.8 cm³/mol. The zero-order valence-electron chi connectivity index (χ0n) is 13.9. The first-order valence-corrected chi connectivity index (χ1v) is 7.60. The molecule has 5 heteroatoms. The highest BCUT2D eigenvalue weighted by atomic mass is 16.5. The van der Waals surface area contributed by atoms with E-state index in [1.54, 1.807) is 18.2 Å². The first-order valence-electron chi connectivity index (χ1n) is 7.60. The van der Waals surface area contributed by atoms with Crippen molar-refractivity contribution in [2.75, 3.05) is 13.7 Å². The average molecular weight is 328 g/mol. The molecule has 0 amide bonds. The van der Waals surface area contributed by atoms with Crippen LogP contribution >= 0.6 is 0 Å². The van der Waals surface area contributed by atoms with E-state index < -0.39 is 12.6 Å². The normalized spacial score (nSPS) is 10.5. The summed E-state index contributed by atoms with van der Waals surface area (Å²) in [5.74, 6) is -0.846. The molecule has 0 radical (unpaired) electrons. The lowest BCUT2D eigenvalue weighted by Gasteiger charge is -2.09. The Kier molecular flexibility index (Phi) is 5.58. The van der Waals surface area contributed by atoms with Crippen LogP contribution < -0.4 is 4.74 Å². The summed E-state index contributed by atoms with van der Waals surface area (Å²) in [6, 6.07) is 11.7. The molecule has 1 N–H and O–H groups in total. The Morgan fingerprint density at radius 1 is 1.08 bits per heavy atom. The van der Waals surface area contributed by atoms with Gasteiger partial charge in [0.25, 0.3) is 0 Å². The summed E-state index contributed by atoms with van der Waals surface area (Å²) in [6.45, 7) is 3.74. The van der Waals surface area contributed by atoms with E-state index in [-0.39, 0.29) is 22.8 Å². The lowest BCUT2D eigenvalue weighted by Crippen LogP contribution is -2.14. The van der Waals surface area contributed by atoms with Crippen molar-refractivity contribution in [1.82, 2.24) is 0 Å². The summed E-state index contributed by atoms with van der Waals surface area (Å²) in [5, 5.41) is 9.91. The molecule has 0 aliphatic heterocycles. The number of benzene rings is 2. The van der Waals surface area contributed by atoms with Gasteiger partial charge in [-0.05, 0) is 23.6 Å². The van der Waals surface area contributed by atoms with E-state index in [0.29, 0.717) is 11.5 Å². The number of ether oxygens (including phenoxy) is 2. The number of esters is 1. The number of phenols is 1. The van der Waals surface area contributed by atoms with Crippen molar-refractivity contribution in [3.05, 3.63) is 59.2 Å². The highest BCUT2D eigenvalue weighted by Crippen LogP contribution is 2.29. The minimum absolute atomic E-state index is 0.0442. The lowest BCUT2D eigenvalue weighted by atomic mass is 10.0. The first-order chi connectivity index (χ1) is 11.4. The van der Waals surface area contributed by atoms with Crippen molar-refractivity contribution in [2.45, 2.75) is 19.8 Å². The van der Waals surface area contributed by atoms with Crippen molar-refractivity contribution in [1.29, 1.82) is 0 Å². The molecule has 0 heterocycles. The van der Waals surface area contributed by atoms with Crippen LogP contribution in [0.2, 0.25) is 0 Å². The number of hydrogen-bond acceptors (Lipinski definition) is 5. The van der Waals surface area contributed by atoms with Gasteiger partial charge >= 0.3 is 5.97 Å². The minimum Gasteiger partial charge on any atom is -0.504 e. The third-order valence-electron chi connectivity index (χ3n) is 3.67. The Morgan fingerprint density at radius 3 is 2.33 bits per heavy atom.